The molecule has 0 spiro atoms. The molecular formula is C21H23F2N7. The SMILES string of the molecule is CN=C(NCc1cccc(-c2ncn[nH]2)c1)NC1CCN(c2ccc(F)cc2F)C1. The summed E-state index contributed by atoms with van der Waals surface area (Å²) >= 11 is 0. The van der Waals surface area contributed by atoms with Crippen LogP contribution in [-0.4, -0.2) is 47.3 Å². The van der Waals surface area contributed by atoms with Crippen molar-refractivity contribution < 1.29 is 8.78 Å². The summed E-state index contributed by atoms with van der Waals surface area (Å²) in [5.74, 6) is 0.289. The minimum absolute atomic E-state index is 0.112. The molecule has 0 aliphatic carbocycles. The van der Waals surface area contributed by atoms with Crippen molar-refractivity contribution in [1.82, 2.24) is 25.8 Å². The molecule has 3 aromatic rings. The molecule has 0 saturated carbocycles. The summed E-state index contributed by atoms with van der Waals surface area (Å²) < 4.78 is 27.2. The summed E-state index contributed by atoms with van der Waals surface area (Å²) in [6.07, 6.45) is 2.31. The van der Waals surface area contributed by atoms with Crippen LogP contribution in [0.2, 0.25) is 0 Å². The predicted molar refractivity (Wildman–Crippen MR) is 112 cm³/mol. The van der Waals surface area contributed by atoms with Gasteiger partial charge in [0, 0.05) is 44.4 Å². The number of aliphatic imine (C=N–C) groups is 1. The number of rotatable bonds is 5. The Kier molecular flexibility index (Phi) is 5.87. The van der Waals surface area contributed by atoms with Crippen molar-refractivity contribution in [3.05, 3.63) is 66.0 Å². The van der Waals surface area contributed by atoms with Gasteiger partial charge in [0.15, 0.2) is 11.8 Å². The third-order valence-electron chi connectivity index (χ3n) is 5.08. The van der Waals surface area contributed by atoms with Gasteiger partial charge in [0.05, 0.1) is 5.69 Å². The molecule has 2 aromatic carbocycles. The number of halogens is 2. The number of anilines is 1. The van der Waals surface area contributed by atoms with Gasteiger partial charge in [-0.3, -0.25) is 10.1 Å². The third-order valence-corrected chi connectivity index (χ3v) is 5.08. The fourth-order valence-corrected chi connectivity index (χ4v) is 3.58. The molecule has 7 nitrogen and oxygen atoms in total. The van der Waals surface area contributed by atoms with Crippen molar-refractivity contribution in [2.45, 2.75) is 19.0 Å². The maximum absolute atomic E-state index is 14.1. The van der Waals surface area contributed by atoms with Crippen LogP contribution in [0.1, 0.15) is 12.0 Å². The number of H-pyrrole nitrogens is 1. The van der Waals surface area contributed by atoms with Crippen LogP contribution in [0.4, 0.5) is 14.5 Å². The van der Waals surface area contributed by atoms with E-state index in [1.807, 2.05) is 29.2 Å². The van der Waals surface area contributed by atoms with Crippen LogP contribution in [-0.2, 0) is 6.54 Å². The van der Waals surface area contributed by atoms with E-state index in [1.54, 1.807) is 7.05 Å². The number of nitrogens with one attached hydrogen (secondary N) is 3. The zero-order chi connectivity index (χ0) is 20.9. The van der Waals surface area contributed by atoms with Gasteiger partial charge in [0.2, 0.25) is 0 Å². The molecule has 2 heterocycles. The number of nitrogens with zero attached hydrogens (tertiary/aromatic N) is 4. The van der Waals surface area contributed by atoms with Crippen LogP contribution in [0.15, 0.2) is 53.8 Å². The van der Waals surface area contributed by atoms with E-state index < -0.39 is 11.6 Å². The number of aromatic amines is 1. The molecular weight excluding hydrogens is 388 g/mol. The second kappa shape index (κ2) is 8.89. The van der Waals surface area contributed by atoms with Crippen LogP contribution in [0.25, 0.3) is 11.4 Å². The highest BCUT2D eigenvalue weighted by Crippen LogP contribution is 2.24. The number of hydrogen-bond acceptors (Lipinski definition) is 4. The topological polar surface area (TPSA) is 81.2 Å². The lowest BCUT2D eigenvalue weighted by Gasteiger charge is -2.21. The van der Waals surface area contributed by atoms with Crippen molar-refractivity contribution in [2.75, 3.05) is 25.0 Å². The highest BCUT2D eigenvalue weighted by Gasteiger charge is 2.25. The second-order valence-corrected chi connectivity index (χ2v) is 7.13. The summed E-state index contributed by atoms with van der Waals surface area (Å²) in [7, 11) is 1.71. The molecule has 9 heteroatoms. The maximum Gasteiger partial charge on any atom is 0.191 e. The van der Waals surface area contributed by atoms with E-state index >= 15 is 0 Å². The highest BCUT2D eigenvalue weighted by molar-refractivity contribution is 5.80. The Morgan fingerprint density at radius 2 is 2.17 bits per heavy atom. The number of guanidine groups is 1. The largest absolute Gasteiger partial charge is 0.367 e. The third kappa shape index (κ3) is 4.56. The van der Waals surface area contributed by atoms with Gasteiger partial charge in [0.25, 0.3) is 0 Å². The molecule has 0 radical (unpaired) electrons. The Labute approximate surface area is 173 Å². The normalized spacial score (nSPS) is 16.7. The average molecular weight is 411 g/mol. The van der Waals surface area contributed by atoms with Gasteiger partial charge >= 0.3 is 0 Å². The average Bonchev–Trinajstić information content (AvgIpc) is 3.44. The van der Waals surface area contributed by atoms with Gasteiger partial charge in [-0.05, 0) is 30.2 Å². The van der Waals surface area contributed by atoms with Gasteiger partial charge in [0.1, 0.15) is 18.0 Å². The molecule has 1 aliphatic rings. The molecule has 1 fully saturated rings. The summed E-state index contributed by atoms with van der Waals surface area (Å²) in [6, 6.07) is 11.8. The van der Waals surface area contributed by atoms with Crippen molar-refractivity contribution >= 4 is 11.6 Å². The summed E-state index contributed by atoms with van der Waals surface area (Å²) in [6.45, 7) is 1.89. The molecule has 156 valence electrons. The van der Waals surface area contributed by atoms with Crippen molar-refractivity contribution in [1.29, 1.82) is 0 Å². The monoisotopic (exact) mass is 411 g/mol. The first kappa shape index (κ1) is 19.8. The minimum atomic E-state index is -0.567. The van der Waals surface area contributed by atoms with Crippen LogP contribution < -0.4 is 15.5 Å². The van der Waals surface area contributed by atoms with E-state index in [0.717, 1.165) is 29.4 Å². The first-order valence-corrected chi connectivity index (χ1v) is 9.74. The number of hydrogen-bond donors (Lipinski definition) is 3. The first-order chi connectivity index (χ1) is 14.6. The van der Waals surface area contributed by atoms with Gasteiger partial charge in [-0.25, -0.2) is 13.8 Å². The zero-order valence-electron chi connectivity index (χ0n) is 16.6. The molecule has 1 atom stereocenters. The van der Waals surface area contributed by atoms with E-state index in [9.17, 15) is 8.78 Å². The van der Waals surface area contributed by atoms with Crippen LogP contribution >= 0.6 is 0 Å². The van der Waals surface area contributed by atoms with Gasteiger partial charge in [-0.15, -0.1) is 0 Å². The second-order valence-electron chi connectivity index (χ2n) is 7.13. The zero-order valence-corrected chi connectivity index (χ0v) is 16.6. The Hall–Kier alpha value is -3.49. The lowest BCUT2D eigenvalue weighted by atomic mass is 10.1. The molecule has 1 unspecified atom stereocenters. The summed E-state index contributed by atoms with van der Waals surface area (Å²) in [4.78, 5) is 10.4. The molecule has 4 rings (SSSR count). The van der Waals surface area contributed by atoms with Crippen LogP contribution in [0.5, 0.6) is 0 Å². The smallest absolute Gasteiger partial charge is 0.191 e. The lowest BCUT2D eigenvalue weighted by molar-refractivity contribution is 0.580. The fourth-order valence-electron chi connectivity index (χ4n) is 3.58. The van der Waals surface area contributed by atoms with Crippen LogP contribution in [0.3, 0.4) is 0 Å². The molecule has 30 heavy (non-hydrogen) atoms. The maximum atomic E-state index is 14.1. The molecule has 0 amide bonds. The molecule has 3 N–H and O–H groups in total. The van der Waals surface area contributed by atoms with Gasteiger partial charge < -0.3 is 15.5 Å². The van der Waals surface area contributed by atoms with Gasteiger partial charge in [-0.1, -0.05) is 18.2 Å². The van der Waals surface area contributed by atoms with E-state index in [4.69, 9.17) is 0 Å². The Bertz CT molecular complexity index is 1020. The summed E-state index contributed by atoms with van der Waals surface area (Å²) in [5.41, 5.74) is 2.46. The van der Waals surface area contributed by atoms with Crippen molar-refractivity contribution in [3.8, 4) is 11.4 Å². The summed E-state index contributed by atoms with van der Waals surface area (Å²) in [5, 5.41) is 13.4. The van der Waals surface area contributed by atoms with Gasteiger partial charge in [-0.2, -0.15) is 5.10 Å². The first-order valence-electron chi connectivity index (χ1n) is 9.74. The molecule has 1 aromatic heterocycles. The molecule has 0 bridgehead atoms. The van der Waals surface area contributed by atoms with E-state index in [-0.39, 0.29) is 6.04 Å². The van der Waals surface area contributed by atoms with Crippen molar-refractivity contribution in [2.24, 2.45) is 4.99 Å². The van der Waals surface area contributed by atoms with Crippen LogP contribution in [0, 0.1) is 11.6 Å². The van der Waals surface area contributed by atoms with Crippen molar-refractivity contribution in [3.63, 3.8) is 0 Å². The Morgan fingerprint density at radius 1 is 1.27 bits per heavy atom. The van der Waals surface area contributed by atoms with E-state index in [0.29, 0.717) is 31.3 Å². The predicted octanol–water partition coefficient (Wildman–Crippen LogP) is 2.69. The number of aromatic nitrogens is 3. The quantitative estimate of drug-likeness (QED) is 0.444. The lowest BCUT2D eigenvalue weighted by Crippen LogP contribution is -2.44. The Balaban J connectivity index is 1.33. The standard InChI is InChI=1S/C21H23F2N7/c1-24-21(25-11-14-3-2-4-15(9-14)20-26-13-27-29-20)28-17-7-8-30(12-17)19-6-5-16(22)10-18(19)23/h2-6,9-10,13,17H,7-8,11-12H2,1H3,(H2,24,25,28)(H,26,27,29). The highest BCUT2D eigenvalue weighted by atomic mass is 19.1. The Morgan fingerprint density at radius 3 is 2.93 bits per heavy atom. The van der Waals surface area contributed by atoms with E-state index in [1.165, 1.54) is 18.5 Å². The number of benzene rings is 2. The van der Waals surface area contributed by atoms with E-state index in [2.05, 4.69) is 30.8 Å². The molecule has 1 saturated heterocycles. The molecule has 1 aliphatic heterocycles. The minimum Gasteiger partial charge on any atom is -0.367 e. The fraction of sp³-hybridized carbons (Fsp3) is 0.286.